The predicted molar refractivity (Wildman–Crippen MR) is 86.7 cm³/mol. The van der Waals surface area contributed by atoms with E-state index < -0.39 is 11.3 Å². The van der Waals surface area contributed by atoms with Gasteiger partial charge in [-0.25, -0.2) is 8.78 Å². The molecule has 0 saturated heterocycles. The van der Waals surface area contributed by atoms with Gasteiger partial charge in [0.1, 0.15) is 5.78 Å². The van der Waals surface area contributed by atoms with E-state index in [0.29, 0.717) is 25.0 Å². The van der Waals surface area contributed by atoms with Crippen LogP contribution in [-0.2, 0) is 9.59 Å². The minimum absolute atomic E-state index is 0.0841. The van der Waals surface area contributed by atoms with Crippen LogP contribution in [0.5, 0.6) is 0 Å². The summed E-state index contributed by atoms with van der Waals surface area (Å²) in [5.74, 6) is -2.55. The first-order valence-electron chi connectivity index (χ1n) is 9.41. The molecule has 0 aromatic carbocycles. The zero-order valence-corrected chi connectivity index (χ0v) is 14.5. The lowest BCUT2D eigenvalue weighted by Gasteiger charge is -2.58. The van der Waals surface area contributed by atoms with Crippen molar-refractivity contribution in [3.8, 4) is 0 Å². The average molecular weight is 336 g/mol. The fourth-order valence-electron chi connectivity index (χ4n) is 6.82. The van der Waals surface area contributed by atoms with E-state index in [2.05, 4.69) is 0 Å². The van der Waals surface area contributed by atoms with E-state index in [1.165, 1.54) is 6.08 Å². The predicted octanol–water partition coefficient (Wildman–Crippen LogP) is 4.72. The molecule has 4 aliphatic carbocycles. The lowest BCUT2D eigenvalue weighted by atomic mass is 9.46. The Hall–Kier alpha value is -1.06. The molecule has 3 fully saturated rings. The van der Waals surface area contributed by atoms with Gasteiger partial charge in [-0.05, 0) is 61.3 Å². The second-order valence-electron chi connectivity index (χ2n) is 8.74. The summed E-state index contributed by atoms with van der Waals surface area (Å²) in [4.78, 5) is 24.3. The number of hydrogen-bond acceptors (Lipinski definition) is 2. The Kier molecular flexibility index (Phi) is 3.41. The third-order valence-electron chi connectivity index (χ3n) is 8.03. The van der Waals surface area contributed by atoms with Crippen LogP contribution in [-0.4, -0.2) is 17.5 Å². The first kappa shape index (κ1) is 16.4. The van der Waals surface area contributed by atoms with Crippen LogP contribution in [0, 0.1) is 28.6 Å². The topological polar surface area (TPSA) is 34.1 Å². The second kappa shape index (κ2) is 4.98. The number of carbonyl (C=O) groups is 2. The summed E-state index contributed by atoms with van der Waals surface area (Å²) in [6, 6.07) is 0. The van der Waals surface area contributed by atoms with Crippen LogP contribution in [0.2, 0.25) is 0 Å². The summed E-state index contributed by atoms with van der Waals surface area (Å²) >= 11 is 0. The third kappa shape index (κ3) is 1.91. The number of carbonyl (C=O) groups excluding carboxylic acids is 2. The highest BCUT2D eigenvalue weighted by Gasteiger charge is 2.65. The summed E-state index contributed by atoms with van der Waals surface area (Å²) in [7, 11) is 0. The second-order valence-corrected chi connectivity index (χ2v) is 8.74. The molecule has 3 saturated carbocycles. The molecule has 0 aromatic heterocycles. The van der Waals surface area contributed by atoms with Crippen molar-refractivity contribution in [1.82, 2.24) is 0 Å². The first-order chi connectivity index (χ1) is 11.2. The molecule has 0 amide bonds. The molecule has 0 bridgehead atoms. The monoisotopic (exact) mass is 336 g/mol. The number of fused-ring (bicyclic) bond motifs is 5. The van der Waals surface area contributed by atoms with E-state index in [-0.39, 0.29) is 40.9 Å². The molecule has 0 unspecified atom stereocenters. The number of hydrogen-bond donors (Lipinski definition) is 0. The van der Waals surface area contributed by atoms with Crippen LogP contribution in [0.3, 0.4) is 0 Å². The smallest absolute Gasteiger partial charge is 0.270 e. The van der Waals surface area contributed by atoms with Gasteiger partial charge in [0.05, 0.1) is 0 Å². The minimum atomic E-state index is -2.91. The maximum Gasteiger partial charge on any atom is 0.270 e. The Balaban J connectivity index is 1.79. The van der Waals surface area contributed by atoms with Gasteiger partial charge in [-0.1, -0.05) is 13.8 Å². The van der Waals surface area contributed by atoms with Crippen molar-refractivity contribution in [2.75, 3.05) is 0 Å². The van der Waals surface area contributed by atoms with Crippen molar-refractivity contribution in [2.24, 2.45) is 28.6 Å². The number of ketones is 2. The SMILES string of the molecule is CC[C@]12CC[C@H]3[C@@H](CC(F)(F)C4=CC(=O)CC[C@@]43C)[C@@H]1CCC2=O. The van der Waals surface area contributed by atoms with Crippen molar-refractivity contribution in [3.63, 3.8) is 0 Å². The van der Waals surface area contributed by atoms with Gasteiger partial charge in [-0.15, -0.1) is 0 Å². The van der Waals surface area contributed by atoms with Crippen molar-refractivity contribution in [2.45, 2.75) is 71.1 Å². The Bertz CT molecular complexity index is 638. The van der Waals surface area contributed by atoms with E-state index in [0.717, 1.165) is 25.7 Å². The standard InChI is InChI=1S/C20H26F2O2/c1-3-19-9-7-14-13(15(19)4-5-17(19)24)11-20(21,22)16-10-12(23)6-8-18(14,16)2/h10,13-15H,3-9,11H2,1-2H3/t13-,14+,15+,18-,19+/m1/s1. The molecule has 132 valence electrons. The first-order valence-corrected chi connectivity index (χ1v) is 9.41. The van der Waals surface area contributed by atoms with Crippen LogP contribution in [0.4, 0.5) is 8.78 Å². The molecule has 0 heterocycles. The molecule has 0 spiro atoms. The van der Waals surface area contributed by atoms with Gasteiger partial charge in [-0.2, -0.15) is 0 Å². The molecule has 4 aliphatic rings. The van der Waals surface area contributed by atoms with E-state index >= 15 is 8.78 Å². The van der Waals surface area contributed by atoms with E-state index in [1.807, 2.05) is 13.8 Å². The van der Waals surface area contributed by atoms with Gasteiger partial charge >= 0.3 is 0 Å². The molecule has 4 heteroatoms. The normalized spacial score (nSPS) is 46.8. The lowest BCUT2D eigenvalue weighted by Crippen LogP contribution is -2.56. The number of halogens is 2. The maximum atomic E-state index is 15.0. The molecular formula is C20H26F2O2. The molecular weight excluding hydrogens is 310 g/mol. The summed E-state index contributed by atoms with van der Waals surface area (Å²) in [6.45, 7) is 4.00. The molecule has 0 aromatic rings. The highest BCUT2D eigenvalue weighted by Crippen LogP contribution is 2.67. The van der Waals surface area contributed by atoms with E-state index in [4.69, 9.17) is 0 Å². The fraction of sp³-hybridized carbons (Fsp3) is 0.800. The maximum absolute atomic E-state index is 15.0. The van der Waals surface area contributed by atoms with Crippen LogP contribution in [0.1, 0.15) is 65.2 Å². The molecule has 0 N–H and O–H groups in total. The Morgan fingerprint density at radius 2 is 1.88 bits per heavy atom. The zero-order chi connectivity index (χ0) is 17.3. The molecule has 2 nitrogen and oxygen atoms in total. The van der Waals surface area contributed by atoms with Crippen molar-refractivity contribution >= 4 is 11.6 Å². The summed E-state index contributed by atoms with van der Waals surface area (Å²) < 4.78 is 30.0. The number of alkyl halides is 2. The highest BCUT2D eigenvalue weighted by molar-refractivity contribution is 5.92. The summed E-state index contributed by atoms with van der Waals surface area (Å²) in [5.41, 5.74) is -0.841. The molecule has 0 radical (unpaired) electrons. The molecule has 0 aliphatic heterocycles. The third-order valence-corrected chi connectivity index (χ3v) is 8.03. The van der Waals surface area contributed by atoms with Crippen LogP contribution in [0.15, 0.2) is 11.6 Å². The highest BCUT2D eigenvalue weighted by atomic mass is 19.3. The van der Waals surface area contributed by atoms with Gasteiger partial charge in [0.2, 0.25) is 0 Å². The van der Waals surface area contributed by atoms with E-state index in [1.54, 1.807) is 0 Å². The van der Waals surface area contributed by atoms with Crippen LogP contribution in [0.25, 0.3) is 0 Å². The van der Waals surface area contributed by atoms with Gasteiger partial charge in [0.15, 0.2) is 5.78 Å². The minimum Gasteiger partial charge on any atom is -0.299 e. The molecule has 24 heavy (non-hydrogen) atoms. The molecule has 5 atom stereocenters. The quantitative estimate of drug-likeness (QED) is 0.694. The summed E-state index contributed by atoms with van der Waals surface area (Å²) in [5, 5.41) is 0. The number of allylic oxidation sites excluding steroid dienone is 1. The average Bonchev–Trinajstić information content (AvgIpc) is 2.87. The zero-order valence-electron chi connectivity index (χ0n) is 14.5. The summed E-state index contributed by atoms with van der Waals surface area (Å²) in [6.07, 6.45) is 5.80. The Morgan fingerprint density at radius 1 is 1.12 bits per heavy atom. The Morgan fingerprint density at radius 3 is 2.58 bits per heavy atom. The molecule has 4 rings (SSSR count). The van der Waals surface area contributed by atoms with Gasteiger partial charge < -0.3 is 0 Å². The Labute approximate surface area is 142 Å². The van der Waals surface area contributed by atoms with Gasteiger partial charge in [0.25, 0.3) is 5.92 Å². The largest absolute Gasteiger partial charge is 0.299 e. The van der Waals surface area contributed by atoms with Crippen LogP contribution < -0.4 is 0 Å². The number of Topliss-reactive ketones (excluding diaryl/α,β-unsaturated/α-hetero) is 1. The van der Waals surface area contributed by atoms with Gasteiger partial charge in [-0.3, -0.25) is 9.59 Å². The van der Waals surface area contributed by atoms with Crippen molar-refractivity contribution in [3.05, 3.63) is 11.6 Å². The van der Waals surface area contributed by atoms with Gasteiger partial charge in [0, 0.05) is 30.3 Å². The van der Waals surface area contributed by atoms with Crippen molar-refractivity contribution < 1.29 is 18.4 Å². The lowest BCUT2D eigenvalue weighted by molar-refractivity contribution is -0.147. The number of rotatable bonds is 1. The van der Waals surface area contributed by atoms with Crippen molar-refractivity contribution in [1.29, 1.82) is 0 Å². The van der Waals surface area contributed by atoms with Crippen LogP contribution >= 0.6 is 0 Å². The fourth-order valence-corrected chi connectivity index (χ4v) is 6.82. The van der Waals surface area contributed by atoms with E-state index in [9.17, 15) is 9.59 Å².